The molecule has 1 aliphatic rings. The number of rotatable bonds is 6. The van der Waals surface area contributed by atoms with Gasteiger partial charge in [-0.1, -0.05) is 5.16 Å². The number of amides is 1. The Morgan fingerprint density at radius 3 is 2.61 bits per heavy atom. The number of benzene rings is 2. The van der Waals surface area contributed by atoms with Crippen LogP contribution in [0.3, 0.4) is 0 Å². The van der Waals surface area contributed by atoms with E-state index >= 15 is 0 Å². The standard InChI is InChI=1S/C26H22F3N5O2/c1-33-14-21-20-12-16(25(35)30-11-10-18-13-23(36-32-18)15-2-3-15)4-9-22(20)34(24(21)31-33)19-7-5-17(6-8-19)26(27,28)29/h4-9,12-15H,2-3,10-11H2,1H3,(H,30,35). The van der Waals surface area contributed by atoms with E-state index < -0.39 is 11.7 Å². The number of halogens is 3. The zero-order chi connectivity index (χ0) is 25.0. The average Bonchev–Trinajstić information content (AvgIpc) is 3.36. The van der Waals surface area contributed by atoms with Gasteiger partial charge in [0.1, 0.15) is 5.76 Å². The number of nitrogens with zero attached hydrogens (tertiary/aromatic N) is 4. The molecule has 0 bridgehead atoms. The van der Waals surface area contributed by atoms with Crippen molar-refractivity contribution < 1.29 is 22.5 Å². The van der Waals surface area contributed by atoms with E-state index in [0.29, 0.717) is 35.8 Å². The SMILES string of the molecule is Cn1cc2c3cc(C(=O)NCCc4cc(C5CC5)on4)ccc3n(-c3ccc(C(F)(F)F)cc3)c2n1. The molecule has 0 spiro atoms. The minimum absolute atomic E-state index is 0.220. The Kier molecular flexibility index (Phi) is 5.13. The first-order chi connectivity index (χ1) is 17.3. The van der Waals surface area contributed by atoms with E-state index in [0.717, 1.165) is 52.7 Å². The maximum atomic E-state index is 13.0. The Morgan fingerprint density at radius 2 is 1.89 bits per heavy atom. The van der Waals surface area contributed by atoms with E-state index in [1.807, 2.05) is 12.3 Å². The first-order valence-electron chi connectivity index (χ1n) is 11.7. The Balaban J connectivity index is 1.27. The molecule has 6 rings (SSSR count). The van der Waals surface area contributed by atoms with Gasteiger partial charge in [0.2, 0.25) is 0 Å². The van der Waals surface area contributed by atoms with Crippen LogP contribution in [0.4, 0.5) is 13.2 Å². The second-order valence-electron chi connectivity index (χ2n) is 9.15. The third-order valence-electron chi connectivity index (χ3n) is 6.49. The quantitative estimate of drug-likeness (QED) is 0.345. The van der Waals surface area contributed by atoms with Gasteiger partial charge in [-0.05, 0) is 55.3 Å². The summed E-state index contributed by atoms with van der Waals surface area (Å²) in [5.74, 6) is 1.19. The van der Waals surface area contributed by atoms with Gasteiger partial charge < -0.3 is 9.84 Å². The molecule has 10 heteroatoms. The lowest BCUT2D eigenvalue weighted by molar-refractivity contribution is -0.137. The van der Waals surface area contributed by atoms with Crippen molar-refractivity contribution in [3.63, 3.8) is 0 Å². The van der Waals surface area contributed by atoms with Crippen molar-refractivity contribution in [3.8, 4) is 5.69 Å². The molecular weight excluding hydrogens is 471 g/mol. The molecule has 1 fully saturated rings. The fourth-order valence-corrected chi connectivity index (χ4v) is 4.51. The Bertz CT molecular complexity index is 1590. The molecule has 0 atom stereocenters. The van der Waals surface area contributed by atoms with Crippen molar-refractivity contribution in [1.82, 2.24) is 24.8 Å². The van der Waals surface area contributed by atoms with Crippen LogP contribution in [0.1, 0.15) is 46.1 Å². The minimum Gasteiger partial charge on any atom is -0.361 e. The highest BCUT2D eigenvalue weighted by molar-refractivity contribution is 6.10. The highest BCUT2D eigenvalue weighted by atomic mass is 19.4. The number of fused-ring (bicyclic) bond motifs is 3. The molecule has 2 aromatic carbocycles. The van der Waals surface area contributed by atoms with Crippen molar-refractivity contribution in [3.05, 3.63) is 77.3 Å². The molecule has 36 heavy (non-hydrogen) atoms. The highest BCUT2D eigenvalue weighted by Crippen LogP contribution is 2.40. The van der Waals surface area contributed by atoms with E-state index in [1.165, 1.54) is 12.1 Å². The summed E-state index contributed by atoms with van der Waals surface area (Å²) in [7, 11) is 1.78. The topological polar surface area (TPSA) is 77.9 Å². The van der Waals surface area contributed by atoms with E-state index in [9.17, 15) is 18.0 Å². The van der Waals surface area contributed by atoms with Crippen LogP contribution in [0.5, 0.6) is 0 Å². The summed E-state index contributed by atoms with van der Waals surface area (Å²) in [5, 5.41) is 13.1. The Labute approximate surface area is 203 Å². The van der Waals surface area contributed by atoms with Gasteiger partial charge in [-0.3, -0.25) is 14.0 Å². The summed E-state index contributed by atoms with van der Waals surface area (Å²) in [6, 6.07) is 12.2. The summed E-state index contributed by atoms with van der Waals surface area (Å²) < 4.78 is 47.9. The number of carbonyl (C=O) groups excluding carboxylic acids is 1. The Hall–Kier alpha value is -4.08. The molecule has 3 aromatic heterocycles. The summed E-state index contributed by atoms with van der Waals surface area (Å²) in [6.07, 6.45) is 0.271. The second-order valence-corrected chi connectivity index (χ2v) is 9.15. The largest absolute Gasteiger partial charge is 0.416 e. The van der Waals surface area contributed by atoms with Crippen LogP contribution in [0.2, 0.25) is 0 Å². The van der Waals surface area contributed by atoms with Crippen molar-refractivity contribution >= 4 is 27.8 Å². The lowest BCUT2D eigenvalue weighted by Gasteiger charge is -2.10. The average molecular weight is 493 g/mol. The van der Waals surface area contributed by atoms with Crippen molar-refractivity contribution in [2.24, 2.45) is 7.05 Å². The number of carbonyl (C=O) groups is 1. The predicted octanol–water partition coefficient (Wildman–Crippen LogP) is 5.37. The summed E-state index contributed by atoms with van der Waals surface area (Å²) >= 11 is 0. The molecule has 0 radical (unpaired) electrons. The summed E-state index contributed by atoms with van der Waals surface area (Å²) in [5.41, 5.74) is 2.49. The maximum Gasteiger partial charge on any atom is 0.416 e. The van der Waals surface area contributed by atoms with Crippen LogP contribution in [0, 0.1) is 0 Å². The van der Waals surface area contributed by atoms with E-state index in [4.69, 9.17) is 4.52 Å². The van der Waals surface area contributed by atoms with Crippen LogP contribution in [0.15, 0.2) is 59.3 Å². The predicted molar refractivity (Wildman–Crippen MR) is 127 cm³/mol. The third kappa shape index (κ3) is 4.02. The zero-order valence-electron chi connectivity index (χ0n) is 19.3. The normalized spacial score (nSPS) is 14.1. The fraction of sp³-hybridized carbons (Fsp3) is 0.269. The van der Waals surface area contributed by atoms with Crippen LogP contribution in [-0.4, -0.2) is 32.0 Å². The molecule has 7 nitrogen and oxygen atoms in total. The van der Waals surface area contributed by atoms with Crippen LogP contribution in [0.25, 0.3) is 27.6 Å². The van der Waals surface area contributed by atoms with Gasteiger partial charge in [-0.2, -0.15) is 18.3 Å². The van der Waals surface area contributed by atoms with Crippen molar-refractivity contribution in [1.29, 1.82) is 0 Å². The zero-order valence-corrected chi connectivity index (χ0v) is 19.3. The number of aromatic nitrogens is 4. The highest BCUT2D eigenvalue weighted by Gasteiger charge is 2.30. The number of hydrogen-bond donors (Lipinski definition) is 1. The molecule has 0 saturated heterocycles. The van der Waals surface area contributed by atoms with Gasteiger partial charge in [0.05, 0.1) is 16.8 Å². The van der Waals surface area contributed by atoms with Crippen LogP contribution < -0.4 is 5.32 Å². The van der Waals surface area contributed by atoms with E-state index in [1.54, 1.807) is 34.5 Å². The second kappa shape index (κ2) is 8.25. The molecule has 0 unspecified atom stereocenters. The van der Waals surface area contributed by atoms with E-state index in [2.05, 4.69) is 15.6 Å². The van der Waals surface area contributed by atoms with Crippen molar-refractivity contribution in [2.75, 3.05) is 6.54 Å². The molecule has 1 amide bonds. The molecule has 184 valence electrons. The number of hydrogen-bond acceptors (Lipinski definition) is 4. The van der Waals surface area contributed by atoms with E-state index in [-0.39, 0.29) is 5.91 Å². The molecule has 1 N–H and O–H groups in total. The molecule has 5 aromatic rings. The van der Waals surface area contributed by atoms with Gasteiger partial charge in [-0.15, -0.1) is 0 Å². The van der Waals surface area contributed by atoms with Gasteiger partial charge in [0.25, 0.3) is 5.91 Å². The first-order valence-corrected chi connectivity index (χ1v) is 11.7. The molecule has 0 aliphatic heterocycles. The maximum absolute atomic E-state index is 13.0. The summed E-state index contributed by atoms with van der Waals surface area (Å²) in [4.78, 5) is 12.9. The smallest absolute Gasteiger partial charge is 0.361 e. The molecular formula is C26H22F3N5O2. The van der Waals surface area contributed by atoms with Gasteiger partial charge >= 0.3 is 6.18 Å². The fourth-order valence-electron chi connectivity index (χ4n) is 4.51. The van der Waals surface area contributed by atoms with Crippen LogP contribution in [-0.2, 0) is 19.6 Å². The number of aryl methyl sites for hydroxylation is 1. The number of alkyl halides is 3. The van der Waals surface area contributed by atoms with Gasteiger partial charge in [0.15, 0.2) is 5.65 Å². The minimum atomic E-state index is -4.41. The first kappa shape index (κ1) is 22.4. The lowest BCUT2D eigenvalue weighted by Crippen LogP contribution is -2.25. The molecule has 3 heterocycles. The molecule has 1 aliphatic carbocycles. The third-order valence-corrected chi connectivity index (χ3v) is 6.49. The Morgan fingerprint density at radius 1 is 1.11 bits per heavy atom. The van der Waals surface area contributed by atoms with Gasteiger partial charge in [-0.25, -0.2) is 0 Å². The lowest BCUT2D eigenvalue weighted by atomic mass is 10.1. The summed E-state index contributed by atoms with van der Waals surface area (Å²) in [6.45, 7) is 0.419. The number of nitrogens with one attached hydrogen (secondary N) is 1. The molecule has 1 saturated carbocycles. The monoisotopic (exact) mass is 493 g/mol. The van der Waals surface area contributed by atoms with Crippen LogP contribution >= 0.6 is 0 Å². The van der Waals surface area contributed by atoms with Crippen molar-refractivity contribution in [2.45, 2.75) is 31.4 Å². The van der Waals surface area contributed by atoms with Gasteiger partial charge in [0, 0.05) is 60.2 Å².